The number of hydrogen-bond acceptors (Lipinski definition) is 7. The molecule has 7 nitrogen and oxygen atoms in total. The van der Waals surface area contributed by atoms with Crippen LogP contribution < -0.4 is 0 Å². The van der Waals surface area contributed by atoms with Crippen molar-refractivity contribution in [2.75, 3.05) is 19.7 Å². The minimum absolute atomic E-state index is 0.108. The van der Waals surface area contributed by atoms with Crippen molar-refractivity contribution in [1.29, 1.82) is 0 Å². The van der Waals surface area contributed by atoms with Gasteiger partial charge in [-0.05, 0) is 32.8 Å². The molecule has 0 bridgehead atoms. The molecule has 2 N–H and O–H groups in total. The highest BCUT2D eigenvalue weighted by Gasteiger charge is 2.56. The molecule has 23 heavy (non-hydrogen) atoms. The lowest BCUT2D eigenvalue weighted by Gasteiger charge is -2.39. The van der Waals surface area contributed by atoms with Crippen molar-refractivity contribution in [3.05, 3.63) is 11.6 Å². The fourth-order valence-electron chi connectivity index (χ4n) is 3.52. The van der Waals surface area contributed by atoms with Crippen molar-refractivity contribution in [3.8, 4) is 0 Å². The van der Waals surface area contributed by atoms with E-state index in [1.54, 1.807) is 0 Å². The predicted octanol–water partition coefficient (Wildman–Crippen LogP) is -0.393. The topological polar surface area (TPSA) is 96.3 Å². The Bertz CT molecular complexity index is 567. The molecule has 0 radical (unpaired) electrons. The minimum Gasteiger partial charge on any atom is -0.461 e. The van der Waals surface area contributed by atoms with Crippen molar-refractivity contribution in [2.45, 2.75) is 50.5 Å². The second kappa shape index (κ2) is 5.29. The highest BCUT2D eigenvalue weighted by atomic mass is 16.6. The van der Waals surface area contributed by atoms with Crippen molar-refractivity contribution < 1.29 is 29.3 Å². The van der Waals surface area contributed by atoms with Gasteiger partial charge < -0.3 is 19.7 Å². The second-order valence-electron chi connectivity index (χ2n) is 7.00. The highest BCUT2D eigenvalue weighted by molar-refractivity contribution is 5.83. The van der Waals surface area contributed by atoms with Gasteiger partial charge in [0.15, 0.2) is 5.60 Å². The number of esters is 2. The Balaban J connectivity index is 1.97. The number of carbonyl (C=O) groups is 2. The maximum atomic E-state index is 12.5. The Kier molecular flexibility index (Phi) is 3.78. The highest BCUT2D eigenvalue weighted by Crippen LogP contribution is 2.37. The Morgan fingerprint density at radius 3 is 2.70 bits per heavy atom. The zero-order valence-corrected chi connectivity index (χ0v) is 13.6. The lowest BCUT2D eigenvalue weighted by molar-refractivity contribution is -0.208. The molecule has 0 unspecified atom stereocenters. The Morgan fingerprint density at radius 2 is 2.00 bits per heavy atom. The summed E-state index contributed by atoms with van der Waals surface area (Å²) in [6.07, 6.45) is 2.22. The molecular formula is C16H23NO6. The molecular weight excluding hydrogens is 302 g/mol. The molecule has 0 aromatic heterocycles. The molecule has 0 aromatic rings. The van der Waals surface area contributed by atoms with E-state index in [9.17, 15) is 19.8 Å². The van der Waals surface area contributed by atoms with Crippen LogP contribution in [0.1, 0.15) is 27.2 Å². The first-order valence-electron chi connectivity index (χ1n) is 7.91. The minimum atomic E-state index is -2.22. The molecule has 0 aliphatic carbocycles. The van der Waals surface area contributed by atoms with Gasteiger partial charge in [0.25, 0.3) is 0 Å². The van der Waals surface area contributed by atoms with E-state index in [1.807, 2.05) is 6.08 Å². The summed E-state index contributed by atoms with van der Waals surface area (Å²) in [5.74, 6) is -2.65. The van der Waals surface area contributed by atoms with Gasteiger partial charge in [-0.1, -0.05) is 6.08 Å². The van der Waals surface area contributed by atoms with Gasteiger partial charge in [0.2, 0.25) is 0 Å². The summed E-state index contributed by atoms with van der Waals surface area (Å²) in [4.78, 5) is 26.9. The van der Waals surface area contributed by atoms with E-state index in [1.165, 1.54) is 20.8 Å². The van der Waals surface area contributed by atoms with Crippen LogP contribution in [0, 0.1) is 5.92 Å². The van der Waals surface area contributed by atoms with E-state index in [0.717, 1.165) is 18.7 Å². The third-order valence-electron chi connectivity index (χ3n) is 5.63. The van der Waals surface area contributed by atoms with Gasteiger partial charge in [0.1, 0.15) is 18.3 Å². The van der Waals surface area contributed by atoms with E-state index in [0.29, 0.717) is 6.42 Å². The smallest absolute Gasteiger partial charge is 0.341 e. The fourth-order valence-corrected chi connectivity index (χ4v) is 3.52. The van der Waals surface area contributed by atoms with Crippen LogP contribution in [0.25, 0.3) is 0 Å². The van der Waals surface area contributed by atoms with Crippen LogP contribution in [-0.2, 0) is 19.1 Å². The van der Waals surface area contributed by atoms with E-state index < -0.39 is 35.2 Å². The zero-order valence-electron chi connectivity index (χ0n) is 13.6. The maximum absolute atomic E-state index is 12.5. The fraction of sp³-hybridized carbons (Fsp3) is 0.750. The summed E-state index contributed by atoms with van der Waals surface area (Å²) in [5.41, 5.74) is -3.32. The number of rotatable bonds is 0. The lowest BCUT2D eigenvalue weighted by atomic mass is 9.76. The molecule has 3 rings (SSSR count). The van der Waals surface area contributed by atoms with Crippen LogP contribution in [0.15, 0.2) is 11.6 Å². The number of hydrogen-bond donors (Lipinski definition) is 2. The third kappa shape index (κ3) is 2.38. The molecule has 5 atom stereocenters. The normalized spacial score (nSPS) is 44.9. The van der Waals surface area contributed by atoms with E-state index in [-0.39, 0.29) is 12.6 Å². The Hall–Kier alpha value is -1.44. The number of nitrogens with zero attached hydrogens (tertiary/aromatic N) is 1. The SMILES string of the molecule is C[C@@H]1C(=O)OCC2=CCN3CC[C@H](OC(=O)[C@](C)(O)[C@]1(C)O)[C@@H]23. The predicted molar refractivity (Wildman–Crippen MR) is 79.3 cm³/mol. The molecule has 0 amide bonds. The Morgan fingerprint density at radius 1 is 1.30 bits per heavy atom. The largest absolute Gasteiger partial charge is 0.461 e. The van der Waals surface area contributed by atoms with Crippen LogP contribution in [0.2, 0.25) is 0 Å². The van der Waals surface area contributed by atoms with Crippen LogP contribution in [0.4, 0.5) is 0 Å². The molecule has 2 saturated heterocycles. The van der Waals surface area contributed by atoms with Gasteiger partial charge in [-0.15, -0.1) is 0 Å². The summed E-state index contributed by atoms with van der Waals surface area (Å²) in [6, 6.07) is -0.124. The van der Waals surface area contributed by atoms with Crippen molar-refractivity contribution in [3.63, 3.8) is 0 Å². The van der Waals surface area contributed by atoms with Crippen LogP contribution in [-0.4, -0.2) is 70.1 Å². The molecule has 0 spiro atoms. The molecule has 7 heteroatoms. The van der Waals surface area contributed by atoms with Crippen LogP contribution in [0.3, 0.4) is 0 Å². The van der Waals surface area contributed by atoms with E-state index in [2.05, 4.69) is 4.90 Å². The van der Waals surface area contributed by atoms with Crippen molar-refractivity contribution in [1.82, 2.24) is 4.90 Å². The second-order valence-corrected chi connectivity index (χ2v) is 7.00. The van der Waals surface area contributed by atoms with E-state index in [4.69, 9.17) is 9.47 Å². The monoisotopic (exact) mass is 325 g/mol. The summed E-state index contributed by atoms with van der Waals surface area (Å²) in [6.45, 7) is 5.46. The van der Waals surface area contributed by atoms with Gasteiger partial charge >= 0.3 is 11.9 Å². The molecule has 3 aliphatic heterocycles. The number of ether oxygens (including phenoxy) is 2. The van der Waals surface area contributed by atoms with Crippen molar-refractivity contribution >= 4 is 11.9 Å². The molecule has 3 heterocycles. The molecule has 3 aliphatic rings. The standard InChI is InChI=1S/C16H23NO6/c1-9-13(18)22-8-10-4-6-17-7-5-11(12(10)17)23-14(19)16(3,21)15(9,2)20/h4,9,11-12,20-21H,5-8H2,1-3H3/t9-,11+,12-,15-,16+/m1/s1. The average Bonchev–Trinajstić information content (AvgIpc) is 3.06. The van der Waals surface area contributed by atoms with Gasteiger partial charge in [-0.2, -0.15) is 0 Å². The quantitative estimate of drug-likeness (QED) is 0.462. The van der Waals surface area contributed by atoms with Crippen molar-refractivity contribution in [2.24, 2.45) is 5.92 Å². The van der Waals surface area contributed by atoms with Gasteiger partial charge in [0, 0.05) is 13.1 Å². The third-order valence-corrected chi connectivity index (χ3v) is 5.63. The zero-order chi connectivity index (χ0) is 17.0. The first kappa shape index (κ1) is 16.4. The molecule has 0 aromatic carbocycles. The first-order chi connectivity index (χ1) is 10.7. The number of cyclic esters (lactones) is 1. The van der Waals surface area contributed by atoms with Gasteiger partial charge in [0.05, 0.1) is 12.0 Å². The molecule has 2 fully saturated rings. The van der Waals surface area contributed by atoms with Crippen LogP contribution >= 0.6 is 0 Å². The summed E-state index contributed by atoms with van der Waals surface area (Å²) in [5, 5.41) is 21.2. The van der Waals surface area contributed by atoms with Gasteiger partial charge in [-0.3, -0.25) is 9.69 Å². The number of carbonyl (C=O) groups excluding carboxylic acids is 2. The maximum Gasteiger partial charge on any atom is 0.341 e. The van der Waals surface area contributed by atoms with Gasteiger partial charge in [-0.25, -0.2) is 4.79 Å². The molecule has 0 saturated carbocycles. The first-order valence-corrected chi connectivity index (χ1v) is 7.91. The summed E-state index contributed by atoms with van der Waals surface area (Å²) >= 11 is 0. The number of aliphatic hydroxyl groups is 2. The van der Waals surface area contributed by atoms with E-state index >= 15 is 0 Å². The average molecular weight is 325 g/mol. The lowest BCUT2D eigenvalue weighted by Crippen LogP contribution is -2.61. The summed E-state index contributed by atoms with van der Waals surface area (Å²) in [7, 11) is 0. The Labute approximate surface area is 134 Å². The van der Waals surface area contributed by atoms with Crippen LogP contribution in [0.5, 0.6) is 0 Å². The molecule has 128 valence electrons. The summed E-state index contributed by atoms with van der Waals surface area (Å²) < 4.78 is 10.8.